The Balaban J connectivity index is 1.63. The van der Waals surface area contributed by atoms with Crippen LogP contribution in [0, 0.1) is 18.3 Å². The number of amides is 1. The molecule has 0 aliphatic heterocycles. The van der Waals surface area contributed by atoms with Gasteiger partial charge in [-0.3, -0.25) is 9.59 Å². The quantitative estimate of drug-likeness (QED) is 0.320. The molecule has 0 unspecified atom stereocenters. The van der Waals surface area contributed by atoms with E-state index in [9.17, 15) is 14.4 Å². The summed E-state index contributed by atoms with van der Waals surface area (Å²) in [7, 11) is 1.48. The predicted octanol–water partition coefficient (Wildman–Crippen LogP) is 4.88. The normalized spacial score (nSPS) is 10.5. The molecular weight excluding hydrogens is 472 g/mol. The van der Waals surface area contributed by atoms with Crippen molar-refractivity contribution in [2.24, 2.45) is 0 Å². The summed E-state index contributed by atoms with van der Waals surface area (Å²) in [6, 6.07) is 22.6. The van der Waals surface area contributed by atoms with E-state index in [0.717, 1.165) is 0 Å². The first-order valence-electron chi connectivity index (χ1n) is 11.6. The topological polar surface area (TPSA) is 110 Å². The summed E-state index contributed by atoms with van der Waals surface area (Å²) in [6.07, 6.45) is 0.0772. The van der Waals surface area contributed by atoms with Gasteiger partial charge in [-0.05, 0) is 31.2 Å². The SMILES string of the molecule is COc1ccccc1N(CCC#N)C(=O)COC(=O)c1cccc2c(=O)c(C)c(-c3ccccc3)oc12. The Morgan fingerprint density at radius 1 is 1.00 bits per heavy atom. The smallest absolute Gasteiger partial charge is 0.342 e. The van der Waals surface area contributed by atoms with Gasteiger partial charge in [0.1, 0.15) is 17.1 Å². The lowest BCUT2D eigenvalue weighted by atomic mass is 10.0. The highest BCUT2D eigenvalue weighted by Crippen LogP contribution is 2.29. The van der Waals surface area contributed by atoms with Gasteiger partial charge in [-0.25, -0.2) is 4.79 Å². The number of nitriles is 1. The minimum atomic E-state index is -0.815. The molecule has 1 amide bonds. The molecule has 1 aromatic heterocycles. The Bertz CT molecular complexity index is 1550. The molecule has 0 aliphatic carbocycles. The zero-order valence-corrected chi connectivity index (χ0v) is 20.4. The molecule has 0 saturated heterocycles. The number of anilines is 1. The largest absolute Gasteiger partial charge is 0.495 e. The highest BCUT2D eigenvalue weighted by molar-refractivity contribution is 6.04. The molecule has 0 radical (unpaired) electrons. The molecule has 0 aliphatic rings. The van der Waals surface area contributed by atoms with Crippen molar-refractivity contribution in [1.29, 1.82) is 5.26 Å². The molecule has 0 atom stereocenters. The number of nitrogens with zero attached hydrogens (tertiary/aromatic N) is 2. The van der Waals surface area contributed by atoms with Gasteiger partial charge in [0.2, 0.25) is 0 Å². The maximum atomic E-state index is 13.1. The molecule has 1 heterocycles. The van der Waals surface area contributed by atoms with E-state index in [-0.39, 0.29) is 34.9 Å². The molecule has 0 fully saturated rings. The number of fused-ring (bicyclic) bond motifs is 1. The number of carbonyl (C=O) groups is 2. The van der Waals surface area contributed by atoms with Gasteiger partial charge in [-0.1, -0.05) is 48.5 Å². The Morgan fingerprint density at radius 2 is 1.73 bits per heavy atom. The van der Waals surface area contributed by atoms with Crippen molar-refractivity contribution in [3.63, 3.8) is 0 Å². The van der Waals surface area contributed by atoms with E-state index in [1.54, 1.807) is 43.3 Å². The van der Waals surface area contributed by atoms with E-state index in [1.165, 1.54) is 18.1 Å². The van der Waals surface area contributed by atoms with Crippen LogP contribution in [0.2, 0.25) is 0 Å². The summed E-state index contributed by atoms with van der Waals surface area (Å²) >= 11 is 0. The monoisotopic (exact) mass is 496 g/mol. The van der Waals surface area contributed by atoms with Crippen LogP contribution in [-0.2, 0) is 9.53 Å². The van der Waals surface area contributed by atoms with Gasteiger partial charge in [0.05, 0.1) is 30.7 Å². The van der Waals surface area contributed by atoms with Crippen molar-refractivity contribution >= 4 is 28.5 Å². The third-order valence-electron chi connectivity index (χ3n) is 5.85. The highest BCUT2D eigenvalue weighted by Gasteiger charge is 2.23. The number of ether oxygens (including phenoxy) is 2. The fraction of sp³-hybridized carbons (Fsp3) is 0.172. The number of carbonyl (C=O) groups excluding carboxylic acids is 2. The second-order valence-electron chi connectivity index (χ2n) is 8.14. The summed E-state index contributed by atoms with van der Waals surface area (Å²) in [4.78, 5) is 40.5. The molecular formula is C29H24N2O6. The number of para-hydroxylation sites is 3. The second kappa shape index (κ2) is 11.2. The van der Waals surface area contributed by atoms with Gasteiger partial charge >= 0.3 is 5.97 Å². The molecule has 37 heavy (non-hydrogen) atoms. The summed E-state index contributed by atoms with van der Waals surface area (Å²) in [5, 5.41) is 9.28. The van der Waals surface area contributed by atoms with Gasteiger partial charge in [-0.2, -0.15) is 5.26 Å². The van der Waals surface area contributed by atoms with Gasteiger partial charge in [-0.15, -0.1) is 0 Å². The van der Waals surface area contributed by atoms with Crippen molar-refractivity contribution in [2.45, 2.75) is 13.3 Å². The van der Waals surface area contributed by atoms with Crippen LogP contribution in [0.3, 0.4) is 0 Å². The number of methoxy groups -OCH3 is 1. The van der Waals surface area contributed by atoms with Crippen LogP contribution in [-0.4, -0.2) is 32.1 Å². The van der Waals surface area contributed by atoms with Crippen molar-refractivity contribution in [2.75, 3.05) is 25.2 Å². The standard InChI is InChI=1S/C29H24N2O6/c1-19-26(33)21-12-8-13-22(28(21)37-27(19)20-10-4-3-5-11-20)29(34)36-18-25(32)31(17-9-16-30)23-14-6-7-15-24(23)35-2/h3-8,10-15H,9,17-18H2,1-2H3. The summed E-state index contributed by atoms with van der Waals surface area (Å²) in [6.45, 7) is 1.18. The van der Waals surface area contributed by atoms with E-state index in [2.05, 4.69) is 0 Å². The van der Waals surface area contributed by atoms with Crippen molar-refractivity contribution in [1.82, 2.24) is 0 Å². The van der Waals surface area contributed by atoms with Crippen LogP contribution in [0.25, 0.3) is 22.3 Å². The van der Waals surface area contributed by atoms with Crippen LogP contribution in [0.5, 0.6) is 5.75 Å². The van der Waals surface area contributed by atoms with E-state index in [4.69, 9.17) is 19.2 Å². The molecule has 3 aromatic carbocycles. The zero-order chi connectivity index (χ0) is 26.4. The van der Waals surface area contributed by atoms with E-state index in [1.807, 2.05) is 36.4 Å². The number of hydrogen-bond donors (Lipinski definition) is 0. The average molecular weight is 497 g/mol. The number of rotatable bonds is 8. The Labute approximate surface area is 213 Å². The molecule has 0 spiro atoms. The Kier molecular flexibility index (Phi) is 7.65. The predicted molar refractivity (Wildman–Crippen MR) is 139 cm³/mol. The third-order valence-corrected chi connectivity index (χ3v) is 5.85. The lowest BCUT2D eigenvalue weighted by Gasteiger charge is -2.23. The summed E-state index contributed by atoms with van der Waals surface area (Å²) in [5.41, 5.74) is 1.43. The number of benzene rings is 3. The molecule has 0 saturated carbocycles. The third kappa shape index (κ3) is 5.21. The van der Waals surface area contributed by atoms with Crippen LogP contribution in [0.4, 0.5) is 5.69 Å². The summed E-state index contributed by atoms with van der Waals surface area (Å²) in [5.74, 6) is -0.547. The van der Waals surface area contributed by atoms with Gasteiger partial charge < -0.3 is 18.8 Å². The maximum absolute atomic E-state index is 13.1. The first-order valence-corrected chi connectivity index (χ1v) is 11.6. The molecule has 8 heteroatoms. The fourth-order valence-electron chi connectivity index (χ4n) is 4.01. The van der Waals surface area contributed by atoms with Crippen LogP contribution < -0.4 is 15.1 Å². The molecule has 4 rings (SSSR count). The van der Waals surface area contributed by atoms with Gasteiger partial charge in [0.15, 0.2) is 17.6 Å². The zero-order valence-electron chi connectivity index (χ0n) is 20.4. The van der Waals surface area contributed by atoms with Crippen LogP contribution in [0.1, 0.15) is 22.3 Å². The fourth-order valence-corrected chi connectivity index (χ4v) is 4.01. The molecule has 186 valence electrons. The lowest BCUT2D eigenvalue weighted by Crippen LogP contribution is -2.35. The van der Waals surface area contributed by atoms with Crippen molar-refractivity contribution in [3.05, 3.63) is 94.1 Å². The maximum Gasteiger partial charge on any atom is 0.342 e. The average Bonchev–Trinajstić information content (AvgIpc) is 2.94. The van der Waals surface area contributed by atoms with E-state index < -0.39 is 18.5 Å². The Morgan fingerprint density at radius 3 is 2.46 bits per heavy atom. The number of esters is 1. The van der Waals surface area contributed by atoms with Crippen LogP contribution >= 0.6 is 0 Å². The second-order valence-corrected chi connectivity index (χ2v) is 8.14. The van der Waals surface area contributed by atoms with E-state index in [0.29, 0.717) is 28.3 Å². The van der Waals surface area contributed by atoms with Crippen molar-refractivity contribution < 1.29 is 23.5 Å². The van der Waals surface area contributed by atoms with Crippen LogP contribution in [0.15, 0.2) is 82.0 Å². The summed E-state index contributed by atoms with van der Waals surface area (Å²) < 4.78 is 16.8. The Hall–Kier alpha value is -4.90. The minimum absolute atomic E-state index is 0.0282. The highest BCUT2D eigenvalue weighted by atomic mass is 16.5. The molecule has 8 nitrogen and oxygen atoms in total. The minimum Gasteiger partial charge on any atom is -0.495 e. The van der Waals surface area contributed by atoms with Gasteiger partial charge in [0.25, 0.3) is 5.91 Å². The lowest BCUT2D eigenvalue weighted by molar-refractivity contribution is -0.121. The van der Waals surface area contributed by atoms with Gasteiger partial charge in [0, 0.05) is 17.7 Å². The first-order chi connectivity index (χ1) is 18.0. The van der Waals surface area contributed by atoms with E-state index >= 15 is 0 Å². The first kappa shape index (κ1) is 25.2. The molecule has 4 aromatic rings. The van der Waals surface area contributed by atoms with Crippen molar-refractivity contribution in [3.8, 4) is 23.1 Å². The molecule has 0 bridgehead atoms. The number of hydrogen-bond acceptors (Lipinski definition) is 7. The molecule has 0 N–H and O–H groups in total.